The summed E-state index contributed by atoms with van der Waals surface area (Å²) in [5.74, 6) is 2.41. The predicted molar refractivity (Wildman–Crippen MR) is 119 cm³/mol. The lowest BCUT2D eigenvalue weighted by Gasteiger charge is -2.19. The highest BCUT2D eigenvalue weighted by molar-refractivity contribution is 7.98. The van der Waals surface area contributed by atoms with E-state index < -0.39 is 0 Å². The fraction of sp³-hybridized carbons (Fsp3) is 0.522. The number of hydrogen-bond acceptors (Lipinski definition) is 5. The van der Waals surface area contributed by atoms with E-state index in [1.165, 1.54) is 18.4 Å². The average Bonchev–Trinajstić information content (AvgIpc) is 3.46. The second-order valence-electron chi connectivity index (χ2n) is 8.27. The van der Waals surface area contributed by atoms with Crippen LogP contribution in [0, 0.1) is 0 Å². The Morgan fingerprint density at radius 2 is 1.66 bits per heavy atom. The molecule has 1 aromatic carbocycles. The molecular weight excluding hydrogens is 380 g/mol. The number of amides is 1. The van der Waals surface area contributed by atoms with Crippen molar-refractivity contribution in [2.24, 2.45) is 0 Å². The number of aromatic nitrogens is 2. The third-order valence-corrected chi connectivity index (χ3v) is 6.61. The average molecular weight is 411 g/mol. The summed E-state index contributed by atoms with van der Waals surface area (Å²) in [6, 6.07) is 10.2. The molecule has 3 heterocycles. The Balaban J connectivity index is 1.43. The van der Waals surface area contributed by atoms with E-state index in [4.69, 9.17) is 9.97 Å². The van der Waals surface area contributed by atoms with E-state index in [0.717, 1.165) is 67.0 Å². The Morgan fingerprint density at radius 1 is 1.00 bits per heavy atom. The Labute approximate surface area is 177 Å². The predicted octanol–water partition coefficient (Wildman–Crippen LogP) is 4.73. The highest BCUT2D eigenvalue weighted by Crippen LogP contribution is 2.27. The molecule has 1 aromatic heterocycles. The van der Waals surface area contributed by atoms with Gasteiger partial charge in [-0.25, -0.2) is 9.97 Å². The van der Waals surface area contributed by atoms with Crippen LogP contribution in [0.1, 0.15) is 67.1 Å². The van der Waals surface area contributed by atoms with Crippen LogP contribution in [-0.2, 0) is 5.75 Å². The van der Waals surface area contributed by atoms with Crippen molar-refractivity contribution in [1.29, 1.82) is 0 Å². The Morgan fingerprint density at radius 3 is 2.31 bits per heavy atom. The molecule has 0 atom stereocenters. The molecule has 0 radical (unpaired) electrons. The van der Waals surface area contributed by atoms with E-state index in [9.17, 15) is 4.79 Å². The monoisotopic (exact) mass is 410 g/mol. The molecule has 1 amide bonds. The van der Waals surface area contributed by atoms with Crippen molar-refractivity contribution in [3.63, 3.8) is 0 Å². The van der Waals surface area contributed by atoms with Crippen LogP contribution in [0.15, 0.2) is 35.5 Å². The molecule has 154 valence electrons. The molecule has 0 bridgehead atoms. The molecule has 0 N–H and O–H groups in total. The van der Waals surface area contributed by atoms with Crippen LogP contribution < -0.4 is 4.90 Å². The maximum absolute atomic E-state index is 12.5. The van der Waals surface area contributed by atoms with Crippen molar-refractivity contribution in [2.45, 2.75) is 56.4 Å². The summed E-state index contributed by atoms with van der Waals surface area (Å²) >= 11 is 1.67. The van der Waals surface area contributed by atoms with Crippen LogP contribution in [0.3, 0.4) is 0 Å². The number of likely N-dealkylation sites (tertiary alicyclic amines) is 1. The van der Waals surface area contributed by atoms with Crippen molar-refractivity contribution in [2.75, 3.05) is 31.1 Å². The fourth-order valence-electron chi connectivity index (χ4n) is 3.89. The van der Waals surface area contributed by atoms with Crippen molar-refractivity contribution < 1.29 is 4.79 Å². The summed E-state index contributed by atoms with van der Waals surface area (Å²) < 4.78 is 0. The largest absolute Gasteiger partial charge is 0.356 e. The van der Waals surface area contributed by atoms with Gasteiger partial charge in [0.25, 0.3) is 5.91 Å². The van der Waals surface area contributed by atoms with Gasteiger partial charge in [-0.15, -0.1) is 0 Å². The minimum atomic E-state index is 0.157. The molecular formula is C23H30N4OS. The molecule has 5 nitrogen and oxygen atoms in total. The van der Waals surface area contributed by atoms with Crippen LogP contribution in [0.4, 0.5) is 5.82 Å². The lowest BCUT2D eigenvalue weighted by molar-refractivity contribution is 0.0793. The number of carbonyl (C=O) groups is 1. The lowest BCUT2D eigenvalue weighted by Crippen LogP contribution is -2.27. The SMILES string of the molecule is CC(C)c1cc(N2CCCC2)nc(SCc2ccc(C(=O)N3CCCC3)cc2)n1. The molecule has 2 aliphatic heterocycles. The van der Waals surface area contributed by atoms with Crippen LogP contribution in [-0.4, -0.2) is 47.0 Å². The number of nitrogens with zero attached hydrogens (tertiary/aromatic N) is 4. The van der Waals surface area contributed by atoms with Gasteiger partial charge in [0.2, 0.25) is 0 Å². The highest BCUT2D eigenvalue weighted by Gasteiger charge is 2.19. The van der Waals surface area contributed by atoms with Gasteiger partial charge in [0.1, 0.15) is 5.82 Å². The number of hydrogen-bond donors (Lipinski definition) is 0. The van der Waals surface area contributed by atoms with E-state index >= 15 is 0 Å². The molecule has 0 aliphatic carbocycles. The van der Waals surface area contributed by atoms with Crippen molar-refractivity contribution in [1.82, 2.24) is 14.9 Å². The summed E-state index contributed by atoms with van der Waals surface area (Å²) in [4.78, 5) is 26.4. The summed E-state index contributed by atoms with van der Waals surface area (Å²) in [6.07, 6.45) is 4.72. The summed E-state index contributed by atoms with van der Waals surface area (Å²) in [5, 5.41) is 0.843. The van der Waals surface area contributed by atoms with Gasteiger partial charge in [0.15, 0.2) is 5.16 Å². The van der Waals surface area contributed by atoms with Gasteiger partial charge in [-0.05, 0) is 49.3 Å². The molecule has 0 unspecified atom stereocenters. The van der Waals surface area contributed by atoms with Gasteiger partial charge in [0, 0.05) is 49.3 Å². The fourth-order valence-corrected chi connectivity index (χ4v) is 4.71. The smallest absolute Gasteiger partial charge is 0.253 e. The molecule has 4 rings (SSSR count). The summed E-state index contributed by atoms with van der Waals surface area (Å²) in [5.41, 5.74) is 3.08. The molecule has 29 heavy (non-hydrogen) atoms. The van der Waals surface area contributed by atoms with Gasteiger partial charge in [0.05, 0.1) is 0 Å². The second-order valence-corrected chi connectivity index (χ2v) is 9.21. The van der Waals surface area contributed by atoms with E-state index in [-0.39, 0.29) is 5.91 Å². The van der Waals surface area contributed by atoms with E-state index in [0.29, 0.717) is 5.92 Å². The third kappa shape index (κ3) is 4.92. The molecule has 0 spiro atoms. The van der Waals surface area contributed by atoms with E-state index in [1.807, 2.05) is 17.0 Å². The van der Waals surface area contributed by atoms with Crippen LogP contribution in [0.2, 0.25) is 0 Å². The van der Waals surface area contributed by atoms with Gasteiger partial charge in [-0.2, -0.15) is 0 Å². The van der Waals surface area contributed by atoms with Gasteiger partial charge >= 0.3 is 0 Å². The normalized spacial score (nSPS) is 16.8. The molecule has 6 heteroatoms. The van der Waals surface area contributed by atoms with E-state index in [2.05, 4.69) is 36.9 Å². The first-order valence-electron chi connectivity index (χ1n) is 10.7. The standard InChI is InChI=1S/C23H30N4OS/c1-17(2)20-15-21(26-11-3-4-12-26)25-23(24-20)29-16-18-7-9-19(10-8-18)22(28)27-13-5-6-14-27/h7-10,15,17H,3-6,11-14,16H2,1-2H3. The minimum Gasteiger partial charge on any atom is -0.356 e. The first-order chi connectivity index (χ1) is 14.1. The van der Waals surface area contributed by atoms with Gasteiger partial charge in [-0.1, -0.05) is 37.7 Å². The number of benzene rings is 1. The quantitative estimate of drug-likeness (QED) is 0.509. The van der Waals surface area contributed by atoms with Crippen molar-refractivity contribution >= 4 is 23.5 Å². The zero-order valence-corrected chi connectivity index (χ0v) is 18.2. The molecule has 2 saturated heterocycles. The van der Waals surface area contributed by atoms with Crippen molar-refractivity contribution in [3.05, 3.63) is 47.2 Å². The number of rotatable bonds is 6. The van der Waals surface area contributed by atoms with Crippen LogP contribution >= 0.6 is 11.8 Å². The summed E-state index contributed by atoms with van der Waals surface area (Å²) in [6.45, 7) is 8.32. The number of thioether (sulfide) groups is 1. The Hall–Kier alpha value is -2.08. The van der Waals surface area contributed by atoms with Gasteiger partial charge in [-0.3, -0.25) is 4.79 Å². The Kier molecular flexibility index (Phi) is 6.38. The molecule has 2 aliphatic rings. The number of carbonyl (C=O) groups excluding carboxylic acids is 1. The topological polar surface area (TPSA) is 49.3 Å². The maximum atomic E-state index is 12.5. The van der Waals surface area contributed by atoms with Crippen LogP contribution in [0.25, 0.3) is 0 Å². The Bertz CT molecular complexity index is 840. The van der Waals surface area contributed by atoms with Crippen molar-refractivity contribution in [3.8, 4) is 0 Å². The second kappa shape index (κ2) is 9.16. The molecule has 0 saturated carbocycles. The molecule has 2 aromatic rings. The highest BCUT2D eigenvalue weighted by atomic mass is 32.2. The minimum absolute atomic E-state index is 0.157. The lowest BCUT2D eigenvalue weighted by atomic mass is 10.1. The van der Waals surface area contributed by atoms with E-state index in [1.54, 1.807) is 11.8 Å². The zero-order valence-electron chi connectivity index (χ0n) is 17.4. The molecule has 2 fully saturated rings. The third-order valence-electron chi connectivity index (χ3n) is 5.70. The summed E-state index contributed by atoms with van der Waals surface area (Å²) in [7, 11) is 0. The first kappa shape index (κ1) is 20.2. The zero-order chi connectivity index (χ0) is 20.2. The first-order valence-corrected chi connectivity index (χ1v) is 11.7. The number of anilines is 1. The van der Waals surface area contributed by atoms with Crippen LogP contribution in [0.5, 0.6) is 0 Å². The van der Waals surface area contributed by atoms with Gasteiger partial charge < -0.3 is 9.80 Å². The maximum Gasteiger partial charge on any atom is 0.253 e.